The smallest absolute Gasteiger partial charge is 0.269 e. The van der Waals surface area contributed by atoms with E-state index in [0.717, 1.165) is 5.56 Å². The number of nitrogens with zero attached hydrogens (tertiary/aromatic N) is 1. The molecule has 0 spiro atoms. The molecule has 0 atom stereocenters. The molecule has 2 N–H and O–H groups in total. The summed E-state index contributed by atoms with van der Waals surface area (Å²) in [6.45, 7) is 4.80. The third-order valence-corrected chi connectivity index (χ3v) is 3.29. The van der Waals surface area contributed by atoms with Crippen LogP contribution in [0.5, 0.6) is 0 Å². The Kier molecular flexibility index (Phi) is 6.01. The molecule has 1 heterocycles. The van der Waals surface area contributed by atoms with Gasteiger partial charge < -0.3 is 10.6 Å². The summed E-state index contributed by atoms with van der Waals surface area (Å²) in [4.78, 5) is 28.2. The largest absolute Gasteiger partial charge is 0.350 e. The van der Waals surface area contributed by atoms with Crippen LogP contribution in [-0.2, 0) is 6.54 Å². The van der Waals surface area contributed by atoms with Crippen molar-refractivity contribution in [2.45, 2.75) is 20.4 Å². The van der Waals surface area contributed by atoms with Crippen LogP contribution in [0.2, 0.25) is 0 Å². The number of nitrogens with one attached hydrogen (secondary N) is 2. The molecule has 0 aliphatic rings. The van der Waals surface area contributed by atoms with Gasteiger partial charge in [-0.1, -0.05) is 26.0 Å². The first-order valence-corrected chi connectivity index (χ1v) is 7.72. The van der Waals surface area contributed by atoms with Gasteiger partial charge in [0.15, 0.2) is 0 Å². The average Bonchev–Trinajstić information content (AvgIpc) is 2.59. The summed E-state index contributed by atoms with van der Waals surface area (Å²) >= 11 is 0. The molecule has 0 saturated carbocycles. The van der Waals surface area contributed by atoms with Crippen LogP contribution in [0.25, 0.3) is 0 Å². The lowest BCUT2D eigenvalue weighted by Gasteiger charge is -2.09. The molecule has 1 aromatic heterocycles. The number of pyridine rings is 1. The van der Waals surface area contributed by atoms with E-state index < -0.39 is 0 Å². The van der Waals surface area contributed by atoms with E-state index in [4.69, 9.17) is 0 Å². The lowest BCUT2D eigenvalue weighted by atomic mass is 10.1. The predicted octanol–water partition coefficient (Wildman–Crippen LogP) is 2.54. The maximum atomic E-state index is 12.9. The summed E-state index contributed by atoms with van der Waals surface area (Å²) in [6.07, 6.45) is 1.43. The SMILES string of the molecule is CC(C)CNC(=O)c1cc(C(=O)NCc2ccc(F)cc2)ccn1. The van der Waals surface area contributed by atoms with Crippen molar-refractivity contribution in [1.29, 1.82) is 0 Å². The van der Waals surface area contributed by atoms with E-state index in [9.17, 15) is 14.0 Å². The van der Waals surface area contributed by atoms with Crippen LogP contribution in [0.3, 0.4) is 0 Å². The molecule has 0 aliphatic heterocycles. The maximum absolute atomic E-state index is 12.9. The minimum absolute atomic E-state index is 0.199. The number of carbonyl (C=O) groups is 2. The molecule has 0 saturated heterocycles. The molecule has 126 valence electrons. The fraction of sp³-hybridized carbons (Fsp3) is 0.278. The molecule has 0 aliphatic carbocycles. The van der Waals surface area contributed by atoms with E-state index in [1.54, 1.807) is 18.2 Å². The van der Waals surface area contributed by atoms with Gasteiger partial charge in [-0.3, -0.25) is 14.6 Å². The van der Waals surface area contributed by atoms with Crippen LogP contribution in [-0.4, -0.2) is 23.3 Å². The highest BCUT2D eigenvalue weighted by atomic mass is 19.1. The minimum Gasteiger partial charge on any atom is -0.350 e. The van der Waals surface area contributed by atoms with Crippen LogP contribution >= 0.6 is 0 Å². The third kappa shape index (κ3) is 5.15. The first-order chi connectivity index (χ1) is 11.5. The van der Waals surface area contributed by atoms with Gasteiger partial charge in [0, 0.05) is 24.8 Å². The molecule has 2 amide bonds. The van der Waals surface area contributed by atoms with Crippen molar-refractivity contribution in [1.82, 2.24) is 15.6 Å². The molecule has 0 bridgehead atoms. The lowest BCUT2D eigenvalue weighted by molar-refractivity contribution is 0.0944. The number of rotatable bonds is 6. The van der Waals surface area contributed by atoms with Crippen LogP contribution in [0.1, 0.15) is 40.3 Å². The molecular formula is C18H20FN3O2. The Bertz CT molecular complexity index is 714. The second kappa shape index (κ2) is 8.19. The molecular weight excluding hydrogens is 309 g/mol. The van der Waals surface area contributed by atoms with Crippen molar-refractivity contribution < 1.29 is 14.0 Å². The summed E-state index contributed by atoms with van der Waals surface area (Å²) in [5, 5.41) is 5.49. The van der Waals surface area contributed by atoms with Gasteiger partial charge in [0.2, 0.25) is 0 Å². The number of benzene rings is 1. The van der Waals surface area contributed by atoms with Crippen molar-refractivity contribution in [3.63, 3.8) is 0 Å². The highest BCUT2D eigenvalue weighted by Gasteiger charge is 2.12. The van der Waals surface area contributed by atoms with Crippen LogP contribution in [0.15, 0.2) is 42.6 Å². The van der Waals surface area contributed by atoms with Gasteiger partial charge in [-0.05, 0) is 35.7 Å². The van der Waals surface area contributed by atoms with Crippen molar-refractivity contribution in [2.75, 3.05) is 6.54 Å². The summed E-state index contributed by atoms with van der Waals surface area (Å²) < 4.78 is 12.9. The number of hydrogen-bond acceptors (Lipinski definition) is 3. The first-order valence-electron chi connectivity index (χ1n) is 7.72. The van der Waals surface area contributed by atoms with Crippen LogP contribution in [0.4, 0.5) is 4.39 Å². The standard InChI is InChI=1S/C18H20FN3O2/c1-12(2)10-21-18(24)16-9-14(7-8-20-16)17(23)22-11-13-3-5-15(19)6-4-13/h3-9,12H,10-11H2,1-2H3,(H,21,24)(H,22,23). The molecule has 0 unspecified atom stereocenters. The monoisotopic (exact) mass is 329 g/mol. The van der Waals surface area contributed by atoms with Crippen LogP contribution < -0.4 is 10.6 Å². The summed E-state index contributed by atoms with van der Waals surface area (Å²) in [5.41, 5.74) is 1.33. The van der Waals surface area contributed by atoms with Gasteiger partial charge in [-0.15, -0.1) is 0 Å². The number of hydrogen-bond donors (Lipinski definition) is 2. The quantitative estimate of drug-likeness (QED) is 0.855. The van der Waals surface area contributed by atoms with Gasteiger partial charge in [0.1, 0.15) is 11.5 Å². The molecule has 5 nitrogen and oxygen atoms in total. The second-order valence-corrected chi connectivity index (χ2v) is 5.84. The number of amides is 2. The van der Waals surface area contributed by atoms with Gasteiger partial charge in [-0.25, -0.2) is 4.39 Å². The molecule has 0 radical (unpaired) electrons. The normalized spacial score (nSPS) is 10.5. The highest BCUT2D eigenvalue weighted by molar-refractivity contribution is 5.98. The van der Waals surface area contributed by atoms with E-state index in [-0.39, 0.29) is 29.9 Å². The highest BCUT2D eigenvalue weighted by Crippen LogP contribution is 2.05. The fourth-order valence-corrected chi connectivity index (χ4v) is 1.97. The molecule has 24 heavy (non-hydrogen) atoms. The van der Waals surface area contributed by atoms with Gasteiger partial charge in [0.25, 0.3) is 11.8 Å². The Morgan fingerprint density at radius 2 is 1.79 bits per heavy atom. The minimum atomic E-state index is -0.323. The summed E-state index contributed by atoms with van der Waals surface area (Å²) in [5.74, 6) is -0.621. The van der Waals surface area contributed by atoms with Crippen molar-refractivity contribution in [3.8, 4) is 0 Å². The zero-order valence-corrected chi connectivity index (χ0v) is 13.7. The molecule has 1 aromatic carbocycles. The van der Waals surface area contributed by atoms with E-state index >= 15 is 0 Å². The van der Waals surface area contributed by atoms with E-state index in [0.29, 0.717) is 18.0 Å². The van der Waals surface area contributed by atoms with Gasteiger partial charge in [0.05, 0.1) is 0 Å². The zero-order valence-electron chi connectivity index (χ0n) is 13.7. The van der Waals surface area contributed by atoms with E-state index in [2.05, 4.69) is 15.6 Å². The van der Waals surface area contributed by atoms with Gasteiger partial charge >= 0.3 is 0 Å². The maximum Gasteiger partial charge on any atom is 0.269 e. The Morgan fingerprint density at radius 3 is 2.46 bits per heavy atom. The van der Waals surface area contributed by atoms with Crippen molar-refractivity contribution >= 4 is 11.8 Å². The fourth-order valence-electron chi connectivity index (χ4n) is 1.97. The number of carbonyl (C=O) groups excluding carboxylic acids is 2. The Labute approximate surface area is 140 Å². The van der Waals surface area contributed by atoms with E-state index in [1.807, 2.05) is 13.8 Å². The summed E-state index contributed by atoms with van der Waals surface area (Å²) in [6, 6.07) is 8.88. The second-order valence-electron chi connectivity index (χ2n) is 5.84. The van der Waals surface area contributed by atoms with Gasteiger partial charge in [-0.2, -0.15) is 0 Å². The topological polar surface area (TPSA) is 71.1 Å². The summed E-state index contributed by atoms with van der Waals surface area (Å²) in [7, 11) is 0. The van der Waals surface area contributed by atoms with E-state index in [1.165, 1.54) is 24.4 Å². The number of halogens is 1. The number of aromatic nitrogens is 1. The Hall–Kier alpha value is -2.76. The molecule has 6 heteroatoms. The average molecular weight is 329 g/mol. The van der Waals surface area contributed by atoms with Crippen LogP contribution in [0, 0.1) is 11.7 Å². The predicted molar refractivity (Wildman–Crippen MR) is 89.0 cm³/mol. The van der Waals surface area contributed by atoms with Crippen molar-refractivity contribution in [2.24, 2.45) is 5.92 Å². The molecule has 2 rings (SSSR count). The Morgan fingerprint density at radius 1 is 1.08 bits per heavy atom. The molecule has 2 aromatic rings. The Balaban J connectivity index is 1.98. The third-order valence-electron chi connectivity index (χ3n) is 3.29. The van der Waals surface area contributed by atoms with Crippen molar-refractivity contribution in [3.05, 3.63) is 65.2 Å². The lowest BCUT2D eigenvalue weighted by Crippen LogP contribution is -2.29. The first kappa shape index (κ1) is 17.6. The zero-order chi connectivity index (χ0) is 17.5. The molecule has 0 fully saturated rings.